The van der Waals surface area contributed by atoms with Crippen molar-refractivity contribution in [1.82, 2.24) is 8.61 Å². The molecule has 0 saturated carbocycles. The first-order valence-corrected chi connectivity index (χ1v) is 9.01. The van der Waals surface area contributed by atoms with E-state index < -0.39 is 10.2 Å². The van der Waals surface area contributed by atoms with Gasteiger partial charge in [0.05, 0.1) is 7.11 Å². The van der Waals surface area contributed by atoms with E-state index in [-0.39, 0.29) is 17.5 Å². The maximum atomic E-state index is 14.4. The highest BCUT2D eigenvalue weighted by molar-refractivity contribution is 7.86. The molecule has 5 nitrogen and oxygen atoms in total. The Morgan fingerprint density at radius 1 is 1.18 bits per heavy atom. The average Bonchev–Trinajstić information content (AvgIpc) is 2.45. The smallest absolute Gasteiger partial charge is 0.281 e. The summed E-state index contributed by atoms with van der Waals surface area (Å²) in [5, 5.41) is 0. The van der Waals surface area contributed by atoms with Gasteiger partial charge in [-0.25, -0.2) is 4.39 Å². The number of ether oxygens (including phenoxy) is 1. The lowest BCUT2D eigenvalue weighted by molar-refractivity contribution is 0.246. The van der Waals surface area contributed by atoms with Crippen molar-refractivity contribution in [3.63, 3.8) is 0 Å². The van der Waals surface area contributed by atoms with Crippen LogP contribution in [-0.2, 0) is 10.2 Å². The van der Waals surface area contributed by atoms with Crippen LogP contribution in [0.5, 0.6) is 5.75 Å². The first-order valence-electron chi connectivity index (χ1n) is 7.61. The summed E-state index contributed by atoms with van der Waals surface area (Å²) >= 11 is 0. The molecular weight excluding hydrogens is 307 g/mol. The van der Waals surface area contributed by atoms with Gasteiger partial charge in [0.15, 0.2) is 11.6 Å². The van der Waals surface area contributed by atoms with Crippen LogP contribution in [0.15, 0.2) is 18.2 Å². The zero-order valence-electron chi connectivity index (χ0n) is 12.7. The van der Waals surface area contributed by atoms with E-state index in [2.05, 4.69) is 0 Å². The molecule has 1 aromatic rings. The van der Waals surface area contributed by atoms with Gasteiger partial charge in [-0.15, -0.1) is 0 Å². The molecule has 0 radical (unpaired) electrons. The van der Waals surface area contributed by atoms with E-state index in [1.54, 1.807) is 18.2 Å². The Bertz CT molecular complexity index is 646. The summed E-state index contributed by atoms with van der Waals surface area (Å²) in [5.41, 5.74) is 0.544. The molecule has 0 N–H and O–H groups in total. The fraction of sp³-hybridized carbons (Fsp3) is 0.600. The second-order valence-corrected chi connectivity index (χ2v) is 7.75. The van der Waals surface area contributed by atoms with Gasteiger partial charge in [0.25, 0.3) is 10.2 Å². The summed E-state index contributed by atoms with van der Waals surface area (Å²) in [4.78, 5) is 0. The van der Waals surface area contributed by atoms with Crippen molar-refractivity contribution >= 4 is 10.2 Å². The van der Waals surface area contributed by atoms with E-state index in [9.17, 15) is 12.8 Å². The molecular formula is C15H21FN2O3S. The lowest BCUT2D eigenvalue weighted by Crippen LogP contribution is -2.52. The molecule has 0 spiro atoms. The number of piperidine rings is 1. The van der Waals surface area contributed by atoms with Gasteiger partial charge in [-0.1, -0.05) is 12.1 Å². The summed E-state index contributed by atoms with van der Waals surface area (Å²) < 4.78 is 47.4. The minimum absolute atomic E-state index is 0.125. The van der Waals surface area contributed by atoms with Crippen LogP contribution in [-0.4, -0.2) is 50.3 Å². The summed E-state index contributed by atoms with van der Waals surface area (Å²) in [6.07, 6.45) is 2.45. The number of nitrogens with zero attached hydrogens (tertiary/aromatic N) is 2. The van der Waals surface area contributed by atoms with Crippen LogP contribution in [0.25, 0.3) is 0 Å². The van der Waals surface area contributed by atoms with Crippen LogP contribution in [0.4, 0.5) is 4.39 Å². The second-order valence-electron chi connectivity index (χ2n) is 5.82. The van der Waals surface area contributed by atoms with Crippen LogP contribution in [0.3, 0.4) is 0 Å². The van der Waals surface area contributed by atoms with Crippen LogP contribution in [0.2, 0.25) is 0 Å². The van der Waals surface area contributed by atoms with Crippen LogP contribution < -0.4 is 4.74 Å². The molecule has 1 unspecified atom stereocenters. The number of hydrogen-bond acceptors (Lipinski definition) is 3. The van der Waals surface area contributed by atoms with Crippen molar-refractivity contribution < 1.29 is 17.5 Å². The van der Waals surface area contributed by atoms with Gasteiger partial charge in [-0.2, -0.15) is 17.0 Å². The number of halogens is 1. The molecule has 2 heterocycles. The van der Waals surface area contributed by atoms with Crippen molar-refractivity contribution in [1.29, 1.82) is 0 Å². The van der Waals surface area contributed by atoms with E-state index in [4.69, 9.17) is 4.74 Å². The fourth-order valence-electron chi connectivity index (χ4n) is 3.09. The van der Waals surface area contributed by atoms with Gasteiger partial charge < -0.3 is 4.74 Å². The highest BCUT2D eigenvalue weighted by atomic mass is 32.2. The van der Waals surface area contributed by atoms with E-state index in [0.717, 1.165) is 19.3 Å². The minimum atomic E-state index is -3.38. The number of methoxy groups -OCH3 is 1. The SMILES string of the molecule is COc1cccc(C2CCCN(S(=O)(=O)N3CCC3)C2)c1F. The van der Waals surface area contributed by atoms with Crippen molar-refractivity contribution in [2.45, 2.75) is 25.2 Å². The Hall–Kier alpha value is -1.18. The quantitative estimate of drug-likeness (QED) is 0.849. The Morgan fingerprint density at radius 3 is 2.55 bits per heavy atom. The molecule has 1 aromatic carbocycles. The zero-order chi connectivity index (χ0) is 15.7. The molecule has 2 fully saturated rings. The van der Waals surface area contributed by atoms with Crippen LogP contribution in [0.1, 0.15) is 30.7 Å². The topological polar surface area (TPSA) is 49.9 Å². The van der Waals surface area contributed by atoms with Crippen LogP contribution in [0, 0.1) is 5.82 Å². The lowest BCUT2D eigenvalue weighted by Gasteiger charge is -2.38. The summed E-state index contributed by atoms with van der Waals surface area (Å²) in [5.74, 6) is -0.293. The molecule has 0 aromatic heterocycles. The van der Waals surface area contributed by atoms with E-state index in [1.165, 1.54) is 15.7 Å². The molecule has 7 heteroatoms. The summed E-state index contributed by atoms with van der Waals surface area (Å²) in [7, 11) is -1.95. The third kappa shape index (κ3) is 2.73. The Balaban J connectivity index is 1.81. The van der Waals surface area contributed by atoms with Crippen molar-refractivity contribution in [2.75, 3.05) is 33.3 Å². The Labute approximate surface area is 130 Å². The molecule has 122 valence electrons. The first kappa shape index (κ1) is 15.7. The number of hydrogen-bond donors (Lipinski definition) is 0. The molecule has 2 aliphatic rings. The maximum Gasteiger partial charge on any atom is 0.281 e. The number of rotatable bonds is 4. The van der Waals surface area contributed by atoms with E-state index in [0.29, 0.717) is 31.7 Å². The highest BCUT2D eigenvalue weighted by Gasteiger charge is 2.37. The average molecular weight is 328 g/mol. The standard InChI is InChI=1S/C15H21FN2O3S/c1-21-14-7-2-6-13(15(14)16)12-5-3-8-18(11-12)22(19,20)17-9-4-10-17/h2,6-7,12H,3-5,8-11H2,1H3. The summed E-state index contributed by atoms with van der Waals surface area (Å²) in [6.45, 7) is 2.04. The van der Waals surface area contributed by atoms with Gasteiger partial charge in [-0.05, 0) is 30.9 Å². The third-order valence-corrected chi connectivity index (χ3v) is 6.51. The van der Waals surface area contributed by atoms with Crippen molar-refractivity contribution in [3.8, 4) is 5.75 Å². The maximum absolute atomic E-state index is 14.4. The lowest BCUT2D eigenvalue weighted by atomic mass is 9.91. The highest BCUT2D eigenvalue weighted by Crippen LogP contribution is 2.34. The predicted molar refractivity (Wildman–Crippen MR) is 81.6 cm³/mol. The van der Waals surface area contributed by atoms with Gasteiger partial charge in [-0.3, -0.25) is 0 Å². The van der Waals surface area contributed by atoms with Gasteiger partial charge in [0.2, 0.25) is 0 Å². The molecule has 0 aliphatic carbocycles. The largest absolute Gasteiger partial charge is 0.494 e. The van der Waals surface area contributed by atoms with Gasteiger partial charge in [0.1, 0.15) is 0 Å². The first-order chi connectivity index (χ1) is 10.5. The Morgan fingerprint density at radius 2 is 1.91 bits per heavy atom. The van der Waals surface area contributed by atoms with Gasteiger partial charge >= 0.3 is 0 Å². The van der Waals surface area contributed by atoms with E-state index in [1.807, 2.05) is 0 Å². The van der Waals surface area contributed by atoms with Crippen molar-refractivity contribution in [3.05, 3.63) is 29.6 Å². The Kier molecular flexibility index (Phi) is 4.38. The minimum Gasteiger partial charge on any atom is -0.494 e. The molecule has 2 saturated heterocycles. The normalized spacial score (nSPS) is 24.0. The molecule has 22 heavy (non-hydrogen) atoms. The van der Waals surface area contributed by atoms with E-state index >= 15 is 0 Å². The van der Waals surface area contributed by atoms with Gasteiger partial charge in [0, 0.05) is 32.1 Å². The molecule has 2 aliphatic heterocycles. The molecule has 1 atom stereocenters. The third-order valence-electron chi connectivity index (χ3n) is 4.50. The molecule has 0 amide bonds. The molecule has 3 rings (SSSR count). The molecule has 0 bridgehead atoms. The summed E-state index contributed by atoms with van der Waals surface area (Å²) in [6, 6.07) is 5.05. The van der Waals surface area contributed by atoms with Crippen LogP contribution >= 0.6 is 0 Å². The second kappa shape index (κ2) is 6.14. The van der Waals surface area contributed by atoms with Crippen molar-refractivity contribution in [2.24, 2.45) is 0 Å². The number of benzene rings is 1. The fourth-order valence-corrected chi connectivity index (χ4v) is 4.86. The zero-order valence-corrected chi connectivity index (χ0v) is 13.5. The predicted octanol–water partition coefficient (Wildman–Crippen LogP) is 1.96. The monoisotopic (exact) mass is 328 g/mol.